The van der Waals surface area contributed by atoms with E-state index in [9.17, 15) is 0 Å². The van der Waals surface area contributed by atoms with Gasteiger partial charge in [-0.25, -0.2) is 0 Å². The third kappa shape index (κ3) is 3.80. The molecule has 0 saturated carbocycles. The molecular weight excluding hydrogens is 300 g/mol. The fourth-order valence-corrected chi connectivity index (χ4v) is 3.47. The molecule has 0 bridgehead atoms. The Morgan fingerprint density at radius 3 is 1.60 bits per heavy atom. The molecule has 122 valence electrons. The van der Waals surface area contributed by atoms with Gasteiger partial charge in [0.05, 0.1) is 0 Å². The molecule has 0 unspecified atom stereocenters. The van der Waals surface area contributed by atoms with Crippen molar-refractivity contribution in [2.75, 3.05) is 0 Å². The minimum absolute atomic E-state index is 0.996. The van der Waals surface area contributed by atoms with Crippen molar-refractivity contribution >= 4 is 10.8 Å². The van der Waals surface area contributed by atoms with Crippen LogP contribution in [0.5, 0.6) is 0 Å². The first-order valence-electron chi connectivity index (χ1n) is 8.97. The average molecular weight is 322 g/mol. The molecule has 0 radical (unpaired) electrons. The molecule has 0 spiro atoms. The van der Waals surface area contributed by atoms with E-state index in [1.165, 1.54) is 33.0 Å². The highest BCUT2D eigenvalue weighted by Gasteiger charge is 2.07. The van der Waals surface area contributed by atoms with Gasteiger partial charge >= 0.3 is 0 Å². The van der Waals surface area contributed by atoms with E-state index in [2.05, 4.69) is 97.1 Å². The molecule has 4 aromatic rings. The molecule has 0 amide bonds. The molecule has 0 aliphatic carbocycles. The summed E-state index contributed by atoms with van der Waals surface area (Å²) in [4.78, 5) is 0. The lowest BCUT2D eigenvalue weighted by atomic mass is 9.92. The standard InChI is InChI=1S/C25H22/c1-3-9-20(10-4-1)15-16-24-18-22-13-7-8-14-23(22)19-25(24)17-21-11-5-2-6-12-21/h1-14,18-19H,15-17H2. The van der Waals surface area contributed by atoms with Crippen molar-refractivity contribution < 1.29 is 0 Å². The summed E-state index contributed by atoms with van der Waals surface area (Å²) in [6.45, 7) is 0. The summed E-state index contributed by atoms with van der Waals surface area (Å²) < 4.78 is 0. The number of hydrogen-bond donors (Lipinski definition) is 0. The summed E-state index contributed by atoms with van der Waals surface area (Å²) in [6, 6.07) is 35.0. The molecule has 0 aromatic heterocycles. The Labute approximate surface area is 149 Å². The van der Waals surface area contributed by atoms with Gasteiger partial charge in [-0.15, -0.1) is 0 Å². The predicted molar refractivity (Wildman–Crippen MR) is 107 cm³/mol. The van der Waals surface area contributed by atoms with E-state index in [-0.39, 0.29) is 0 Å². The summed E-state index contributed by atoms with van der Waals surface area (Å²) in [5.74, 6) is 0. The Kier molecular flexibility index (Phi) is 4.61. The second-order valence-electron chi connectivity index (χ2n) is 6.62. The highest BCUT2D eigenvalue weighted by Crippen LogP contribution is 2.24. The van der Waals surface area contributed by atoms with E-state index in [0.29, 0.717) is 0 Å². The average Bonchev–Trinajstić information content (AvgIpc) is 2.68. The van der Waals surface area contributed by atoms with Crippen molar-refractivity contribution in [3.8, 4) is 0 Å². The van der Waals surface area contributed by atoms with Gasteiger partial charge in [-0.05, 0) is 52.3 Å². The minimum atomic E-state index is 0.996. The molecule has 0 aliphatic heterocycles. The fourth-order valence-electron chi connectivity index (χ4n) is 3.47. The zero-order valence-electron chi connectivity index (χ0n) is 14.4. The van der Waals surface area contributed by atoms with Crippen molar-refractivity contribution in [1.82, 2.24) is 0 Å². The first kappa shape index (κ1) is 15.7. The Morgan fingerprint density at radius 1 is 0.440 bits per heavy atom. The number of rotatable bonds is 5. The SMILES string of the molecule is c1ccc(CCc2cc3ccccc3cc2Cc2ccccc2)cc1. The van der Waals surface area contributed by atoms with E-state index in [1.807, 2.05) is 0 Å². The van der Waals surface area contributed by atoms with Crippen LogP contribution in [0.4, 0.5) is 0 Å². The van der Waals surface area contributed by atoms with E-state index >= 15 is 0 Å². The van der Waals surface area contributed by atoms with Crippen molar-refractivity contribution in [3.63, 3.8) is 0 Å². The minimum Gasteiger partial charge on any atom is -0.0622 e. The Bertz CT molecular complexity index is 953. The normalized spacial score (nSPS) is 10.9. The molecule has 25 heavy (non-hydrogen) atoms. The molecular formula is C25H22. The Balaban J connectivity index is 1.68. The molecule has 0 atom stereocenters. The number of benzene rings is 4. The number of hydrogen-bond acceptors (Lipinski definition) is 0. The molecule has 4 aromatic carbocycles. The van der Waals surface area contributed by atoms with Gasteiger partial charge < -0.3 is 0 Å². The van der Waals surface area contributed by atoms with Gasteiger partial charge in [0.15, 0.2) is 0 Å². The highest BCUT2D eigenvalue weighted by atomic mass is 14.1. The molecule has 4 rings (SSSR count). The second kappa shape index (κ2) is 7.36. The summed E-state index contributed by atoms with van der Waals surface area (Å²) in [5, 5.41) is 2.67. The zero-order chi connectivity index (χ0) is 16.9. The lowest BCUT2D eigenvalue weighted by molar-refractivity contribution is 0.940. The van der Waals surface area contributed by atoms with Crippen LogP contribution in [0.15, 0.2) is 97.1 Å². The molecule has 0 heteroatoms. The van der Waals surface area contributed by atoms with Gasteiger partial charge in [-0.3, -0.25) is 0 Å². The first-order chi connectivity index (χ1) is 12.4. The molecule has 0 saturated heterocycles. The summed E-state index contributed by atoms with van der Waals surface area (Å²) >= 11 is 0. The summed E-state index contributed by atoms with van der Waals surface area (Å²) in [7, 11) is 0. The van der Waals surface area contributed by atoms with Crippen molar-refractivity contribution in [2.45, 2.75) is 19.3 Å². The Morgan fingerprint density at radius 2 is 0.960 bits per heavy atom. The first-order valence-corrected chi connectivity index (χ1v) is 8.97. The van der Waals surface area contributed by atoms with Crippen LogP contribution in [0.25, 0.3) is 10.8 Å². The fraction of sp³-hybridized carbons (Fsp3) is 0.120. The van der Waals surface area contributed by atoms with Crippen molar-refractivity contribution in [3.05, 3.63) is 119 Å². The molecule has 0 aliphatic rings. The highest BCUT2D eigenvalue weighted by molar-refractivity contribution is 5.84. The lowest BCUT2D eigenvalue weighted by Crippen LogP contribution is -1.99. The smallest absolute Gasteiger partial charge is 0.00228 e. The van der Waals surface area contributed by atoms with Crippen LogP contribution in [0.2, 0.25) is 0 Å². The zero-order valence-corrected chi connectivity index (χ0v) is 14.4. The lowest BCUT2D eigenvalue weighted by Gasteiger charge is -2.12. The summed E-state index contributed by atoms with van der Waals surface area (Å²) in [5.41, 5.74) is 5.69. The molecule has 0 nitrogen and oxygen atoms in total. The van der Waals surface area contributed by atoms with Crippen LogP contribution in [0.1, 0.15) is 22.3 Å². The topological polar surface area (TPSA) is 0 Å². The maximum Gasteiger partial charge on any atom is -0.00228 e. The van der Waals surface area contributed by atoms with E-state index < -0.39 is 0 Å². The monoisotopic (exact) mass is 322 g/mol. The van der Waals surface area contributed by atoms with Gasteiger partial charge in [0.2, 0.25) is 0 Å². The summed E-state index contributed by atoms with van der Waals surface area (Å²) in [6.07, 6.45) is 3.16. The van der Waals surface area contributed by atoms with Crippen molar-refractivity contribution in [2.24, 2.45) is 0 Å². The van der Waals surface area contributed by atoms with Crippen LogP contribution < -0.4 is 0 Å². The quantitative estimate of drug-likeness (QED) is 0.409. The van der Waals surface area contributed by atoms with E-state index in [0.717, 1.165) is 19.3 Å². The molecule has 0 heterocycles. The van der Waals surface area contributed by atoms with Gasteiger partial charge in [-0.1, -0.05) is 97.1 Å². The van der Waals surface area contributed by atoms with E-state index in [4.69, 9.17) is 0 Å². The third-order valence-corrected chi connectivity index (χ3v) is 4.83. The van der Waals surface area contributed by atoms with Gasteiger partial charge in [0.1, 0.15) is 0 Å². The second-order valence-corrected chi connectivity index (χ2v) is 6.62. The van der Waals surface area contributed by atoms with Crippen LogP contribution in [0.3, 0.4) is 0 Å². The van der Waals surface area contributed by atoms with Crippen molar-refractivity contribution in [1.29, 1.82) is 0 Å². The van der Waals surface area contributed by atoms with Gasteiger partial charge in [0, 0.05) is 0 Å². The third-order valence-electron chi connectivity index (χ3n) is 4.83. The van der Waals surface area contributed by atoms with Crippen LogP contribution in [-0.4, -0.2) is 0 Å². The molecule has 0 fully saturated rings. The van der Waals surface area contributed by atoms with E-state index in [1.54, 1.807) is 0 Å². The van der Waals surface area contributed by atoms with Gasteiger partial charge in [-0.2, -0.15) is 0 Å². The number of aryl methyl sites for hydroxylation is 2. The van der Waals surface area contributed by atoms with Crippen LogP contribution in [0, 0.1) is 0 Å². The molecule has 0 N–H and O–H groups in total. The maximum atomic E-state index is 2.39. The predicted octanol–water partition coefficient (Wildman–Crippen LogP) is 6.22. The van der Waals surface area contributed by atoms with Gasteiger partial charge in [0.25, 0.3) is 0 Å². The van der Waals surface area contributed by atoms with Crippen LogP contribution in [-0.2, 0) is 19.3 Å². The maximum absolute atomic E-state index is 2.39. The van der Waals surface area contributed by atoms with Crippen LogP contribution >= 0.6 is 0 Å². The Hall–Kier alpha value is -2.86. The largest absolute Gasteiger partial charge is 0.0622 e. The number of fused-ring (bicyclic) bond motifs is 1.